The molecule has 2 aromatic heterocycles. The van der Waals surface area contributed by atoms with Gasteiger partial charge in [0.05, 0.1) is 12.6 Å². The van der Waals surface area contributed by atoms with Crippen LogP contribution in [0.5, 0.6) is 0 Å². The van der Waals surface area contributed by atoms with Crippen LogP contribution in [0.25, 0.3) is 10.9 Å². The molecule has 0 aliphatic carbocycles. The number of aromatic nitrogens is 3. The van der Waals surface area contributed by atoms with E-state index in [-0.39, 0.29) is 12.6 Å². The van der Waals surface area contributed by atoms with E-state index in [4.69, 9.17) is 4.98 Å². The molecule has 136 valence electrons. The first-order valence-electron chi connectivity index (χ1n) is 9.36. The lowest BCUT2D eigenvalue weighted by molar-refractivity contribution is 0.266. The zero-order valence-electron chi connectivity index (χ0n) is 15.1. The fourth-order valence-electron chi connectivity index (χ4n) is 3.66. The summed E-state index contributed by atoms with van der Waals surface area (Å²) in [6, 6.07) is 10.4. The van der Waals surface area contributed by atoms with Gasteiger partial charge in [-0.3, -0.25) is 0 Å². The van der Waals surface area contributed by atoms with E-state index in [1.54, 1.807) is 0 Å². The maximum absolute atomic E-state index is 9.65. The quantitative estimate of drug-likeness (QED) is 0.632. The Bertz CT molecular complexity index is 891. The van der Waals surface area contributed by atoms with Crippen molar-refractivity contribution in [3.05, 3.63) is 42.2 Å². The number of benzene rings is 1. The molecule has 1 aromatic carbocycles. The van der Waals surface area contributed by atoms with Gasteiger partial charge >= 0.3 is 0 Å². The number of aliphatic hydroxyl groups is 1. The zero-order valence-corrected chi connectivity index (χ0v) is 15.1. The van der Waals surface area contributed by atoms with Crippen molar-refractivity contribution in [1.29, 1.82) is 0 Å². The van der Waals surface area contributed by atoms with Gasteiger partial charge in [0.2, 0.25) is 5.95 Å². The highest BCUT2D eigenvalue weighted by Gasteiger charge is 2.25. The minimum Gasteiger partial charge on any atom is -0.394 e. The van der Waals surface area contributed by atoms with Crippen molar-refractivity contribution in [3.8, 4) is 0 Å². The maximum Gasteiger partial charge on any atom is 0.229 e. The molecular formula is C20H25N5O. The lowest BCUT2D eigenvalue weighted by Crippen LogP contribution is -2.33. The number of aliphatic hydroxyl groups excluding tert-OH is 1. The largest absolute Gasteiger partial charge is 0.394 e. The first kappa shape index (κ1) is 16.8. The van der Waals surface area contributed by atoms with Crippen LogP contribution in [0, 0.1) is 0 Å². The van der Waals surface area contributed by atoms with Gasteiger partial charge in [-0.15, -0.1) is 0 Å². The van der Waals surface area contributed by atoms with E-state index in [0.29, 0.717) is 5.95 Å². The average molecular weight is 351 g/mol. The molecule has 3 N–H and O–H groups in total. The van der Waals surface area contributed by atoms with Crippen LogP contribution in [0.2, 0.25) is 0 Å². The second-order valence-corrected chi connectivity index (χ2v) is 6.87. The standard InChI is InChI=1S/C20H25N5O/c1-2-4-15-12-19(25-10-3-5-17(25)13-26)24-20(22-15)23-16-6-7-18-14(11-16)8-9-21-18/h6-9,11-12,17,21,26H,2-5,10,13H2,1H3,(H,22,23,24). The lowest BCUT2D eigenvalue weighted by Gasteiger charge is -2.25. The molecule has 26 heavy (non-hydrogen) atoms. The van der Waals surface area contributed by atoms with E-state index in [1.807, 2.05) is 12.3 Å². The monoisotopic (exact) mass is 351 g/mol. The molecule has 3 heterocycles. The summed E-state index contributed by atoms with van der Waals surface area (Å²) < 4.78 is 0. The Hall–Kier alpha value is -2.60. The van der Waals surface area contributed by atoms with Crippen LogP contribution in [0.1, 0.15) is 31.9 Å². The summed E-state index contributed by atoms with van der Waals surface area (Å²) in [7, 11) is 0. The van der Waals surface area contributed by atoms with Gasteiger partial charge in [-0.2, -0.15) is 4.98 Å². The minimum absolute atomic E-state index is 0.156. The summed E-state index contributed by atoms with van der Waals surface area (Å²) >= 11 is 0. The summed E-state index contributed by atoms with van der Waals surface area (Å²) in [5, 5.41) is 14.2. The molecule has 1 aliphatic rings. The van der Waals surface area contributed by atoms with Crippen molar-refractivity contribution >= 4 is 28.4 Å². The maximum atomic E-state index is 9.65. The van der Waals surface area contributed by atoms with Gasteiger partial charge < -0.3 is 20.3 Å². The second-order valence-electron chi connectivity index (χ2n) is 6.87. The summed E-state index contributed by atoms with van der Waals surface area (Å²) in [5.41, 5.74) is 3.11. The molecule has 1 fully saturated rings. The number of hydrogen-bond donors (Lipinski definition) is 3. The van der Waals surface area contributed by atoms with Crippen molar-refractivity contribution in [2.24, 2.45) is 0 Å². The fraction of sp³-hybridized carbons (Fsp3) is 0.400. The van der Waals surface area contributed by atoms with Crippen LogP contribution in [-0.4, -0.2) is 39.3 Å². The van der Waals surface area contributed by atoms with Crippen molar-refractivity contribution < 1.29 is 5.11 Å². The van der Waals surface area contributed by atoms with Crippen molar-refractivity contribution in [2.45, 2.75) is 38.6 Å². The topological polar surface area (TPSA) is 77.1 Å². The first-order valence-corrected chi connectivity index (χ1v) is 9.36. The van der Waals surface area contributed by atoms with Crippen LogP contribution < -0.4 is 10.2 Å². The molecule has 0 bridgehead atoms. The third kappa shape index (κ3) is 3.37. The smallest absolute Gasteiger partial charge is 0.229 e. The number of hydrogen-bond acceptors (Lipinski definition) is 5. The molecule has 1 unspecified atom stereocenters. The number of aryl methyl sites for hydroxylation is 1. The third-order valence-electron chi connectivity index (χ3n) is 4.96. The number of H-pyrrole nitrogens is 1. The van der Waals surface area contributed by atoms with Gasteiger partial charge in [-0.25, -0.2) is 4.98 Å². The van der Waals surface area contributed by atoms with Gasteiger partial charge in [0, 0.05) is 41.1 Å². The van der Waals surface area contributed by atoms with E-state index in [0.717, 1.165) is 60.3 Å². The summed E-state index contributed by atoms with van der Waals surface area (Å²) in [4.78, 5) is 14.8. The van der Waals surface area contributed by atoms with Crippen LogP contribution in [0.4, 0.5) is 17.5 Å². The molecule has 1 saturated heterocycles. The van der Waals surface area contributed by atoms with Gasteiger partial charge in [-0.05, 0) is 43.5 Å². The SMILES string of the molecule is CCCc1cc(N2CCCC2CO)nc(Nc2ccc3[nH]ccc3c2)n1. The normalized spacial score (nSPS) is 17.2. The number of fused-ring (bicyclic) bond motifs is 1. The molecule has 1 atom stereocenters. The highest BCUT2D eigenvalue weighted by molar-refractivity contribution is 5.83. The highest BCUT2D eigenvalue weighted by Crippen LogP contribution is 2.27. The Labute approximate surface area is 153 Å². The van der Waals surface area contributed by atoms with Gasteiger partial charge in [-0.1, -0.05) is 13.3 Å². The molecule has 0 amide bonds. The predicted octanol–water partition coefficient (Wildman–Crippen LogP) is 3.62. The average Bonchev–Trinajstić information content (AvgIpc) is 3.30. The fourth-order valence-corrected chi connectivity index (χ4v) is 3.66. The molecule has 3 aromatic rings. The Morgan fingerprint density at radius 3 is 3.04 bits per heavy atom. The van der Waals surface area contributed by atoms with Gasteiger partial charge in [0.1, 0.15) is 5.82 Å². The van der Waals surface area contributed by atoms with E-state index >= 15 is 0 Å². The van der Waals surface area contributed by atoms with Crippen LogP contribution in [0.15, 0.2) is 36.5 Å². The number of anilines is 3. The van der Waals surface area contributed by atoms with Crippen LogP contribution in [-0.2, 0) is 6.42 Å². The van der Waals surface area contributed by atoms with Crippen molar-refractivity contribution in [1.82, 2.24) is 15.0 Å². The highest BCUT2D eigenvalue weighted by atomic mass is 16.3. The van der Waals surface area contributed by atoms with E-state index in [2.05, 4.69) is 51.4 Å². The molecule has 6 nitrogen and oxygen atoms in total. The Morgan fingerprint density at radius 2 is 2.19 bits per heavy atom. The molecule has 1 aliphatic heterocycles. The van der Waals surface area contributed by atoms with E-state index in [9.17, 15) is 5.11 Å². The number of rotatable bonds is 6. The molecule has 4 rings (SSSR count). The zero-order chi connectivity index (χ0) is 17.9. The van der Waals surface area contributed by atoms with Crippen molar-refractivity contribution in [3.63, 3.8) is 0 Å². The predicted molar refractivity (Wildman–Crippen MR) is 105 cm³/mol. The number of nitrogens with zero attached hydrogens (tertiary/aromatic N) is 3. The molecule has 0 saturated carbocycles. The summed E-state index contributed by atoms with van der Waals surface area (Å²) in [5.74, 6) is 1.52. The Balaban J connectivity index is 1.65. The molecular weight excluding hydrogens is 326 g/mol. The molecule has 0 spiro atoms. The van der Waals surface area contributed by atoms with E-state index < -0.39 is 0 Å². The summed E-state index contributed by atoms with van der Waals surface area (Å²) in [6.45, 7) is 3.25. The van der Waals surface area contributed by atoms with Crippen molar-refractivity contribution in [2.75, 3.05) is 23.4 Å². The van der Waals surface area contributed by atoms with Gasteiger partial charge in [0.25, 0.3) is 0 Å². The first-order chi connectivity index (χ1) is 12.8. The Morgan fingerprint density at radius 1 is 1.27 bits per heavy atom. The van der Waals surface area contributed by atoms with Crippen LogP contribution in [0.3, 0.4) is 0 Å². The minimum atomic E-state index is 0.156. The third-order valence-corrected chi connectivity index (χ3v) is 4.96. The molecule has 6 heteroatoms. The van der Waals surface area contributed by atoms with Crippen LogP contribution >= 0.6 is 0 Å². The number of aromatic amines is 1. The lowest BCUT2D eigenvalue weighted by atomic mass is 10.2. The Kier molecular flexibility index (Phi) is 4.75. The van der Waals surface area contributed by atoms with Gasteiger partial charge in [0.15, 0.2) is 0 Å². The second kappa shape index (κ2) is 7.33. The number of nitrogens with one attached hydrogen (secondary N) is 2. The van der Waals surface area contributed by atoms with E-state index in [1.165, 1.54) is 0 Å². The summed E-state index contributed by atoms with van der Waals surface area (Å²) in [6.07, 6.45) is 5.99. The molecule has 0 radical (unpaired) electrons.